The van der Waals surface area contributed by atoms with Crippen molar-refractivity contribution in [2.45, 2.75) is 31.9 Å². The summed E-state index contributed by atoms with van der Waals surface area (Å²) in [6.07, 6.45) is -4.31. The molecule has 0 amide bonds. The summed E-state index contributed by atoms with van der Waals surface area (Å²) in [5, 5.41) is 8.93. The zero-order valence-corrected chi connectivity index (χ0v) is 15.4. The van der Waals surface area contributed by atoms with Crippen molar-refractivity contribution in [2.24, 2.45) is 5.92 Å². The summed E-state index contributed by atoms with van der Waals surface area (Å²) in [4.78, 5) is 17.9. The Morgan fingerprint density at radius 3 is 2.79 bits per heavy atom. The van der Waals surface area contributed by atoms with E-state index in [-0.39, 0.29) is 24.0 Å². The summed E-state index contributed by atoms with van der Waals surface area (Å²) in [5.74, 6) is -2.83. The number of aryl methyl sites for hydroxylation is 1. The van der Waals surface area contributed by atoms with Crippen molar-refractivity contribution in [3.05, 3.63) is 67.8 Å². The molecule has 2 heterocycles. The minimum atomic E-state index is -4.29. The molecule has 2 aromatic heterocycles. The number of halogens is 4. The summed E-state index contributed by atoms with van der Waals surface area (Å²) in [6, 6.07) is 7.37. The van der Waals surface area contributed by atoms with E-state index in [0.717, 1.165) is 11.3 Å². The SMILES string of the molecule is Cc1sc2nc(Cc3cccc(C#N)c3F)cc(=O)n2c1C1CC1C(F)(F)F. The molecule has 0 bridgehead atoms. The van der Waals surface area contributed by atoms with E-state index in [4.69, 9.17) is 5.26 Å². The molecule has 1 aromatic carbocycles. The van der Waals surface area contributed by atoms with E-state index < -0.39 is 29.4 Å². The van der Waals surface area contributed by atoms with Gasteiger partial charge in [-0.25, -0.2) is 9.37 Å². The molecule has 1 aliphatic rings. The van der Waals surface area contributed by atoms with Gasteiger partial charge in [-0.05, 0) is 25.0 Å². The molecule has 4 nitrogen and oxygen atoms in total. The highest BCUT2D eigenvalue weighted by Crippen LogP contribution is 2.57. The average molecular weight is 407 g/mol. The lowest BCUT2D eigenvalue weighted by molar-refractivity contribution is -0.148. The molecule has 3 aromatic rings. The topological polar surface area (TPSA) is 58.2 Å². The van der Waals surface area contributed by atoms with Crippen LogP contribution in [0.15, 0.2) is 29.1 Å². The fourth-order valence-electron chi connectivity index (χ4n) is 3.52. The molecule has 0 aliphatic heterocycles. The van der Waals surface area contributed by atoms with E-state index >= 15 is 0 Å². The van der Waals surface area contributed by atoms with Crippen molar-refractivity contribution in [3.8, 4) is 6.07 Å². The standard InChI is InChI=1S/C19H13F4N3OS/c1-9-17(13-7-14(13)19(21,22)23)26-15(27)6-12(25-18(26)28-9)5-10-3-2-4-11(8-24)16(10)20/h2-4,6,13-14H,5,7H2,1H3. The number of hydrogen-bond acceptors (Lipinski definition) is 4. The van der Waals surface area contributed by atoms with Gasteiger partial charge >= 0.3 is 6.18 Å². The Morgan fingerprint density at radius 2 is 2.14 bits per heavy atom. The molecular formula is C19H13F4N3OS. The van der Waals surface area contributed by atoms with Gasteiger partial charge in [-0.3, -0.25) is 9.20 Å². The molecule has 0 N–H and O–H groups in total. The van der Waals surface area contributed by atoms with Crippen LogP contribution in [-0.4, -0.2) is 15.6 Å². The normalized spacial score (nSPS) is 19.0. The Balaban J connectivity index is 1.74. The second kappa shape index (κ2) is 6.41. The van der Waals surface area contributed by atoms with Crippen molar-refractivity contribution in [3.63, 3.8) is 0 Å². The second-order valence-electron chi connectivity index (χ2n) is 6.80. The molecular weight excluding hydrogens is 394 g/mol. The summed E-state index contributed by atoms with van der Waals surface area (Å²) < 4.78 is 54.4. The molecule has 2 atom stereocenters. The fraction of sp³-hybridized carbons (Fsp3) is 0.316. The van der Waals surface area contributed by atoms with Gasteiger partial charge in [0.15, 0.2) is 4.96 Å². The number of fused-ring (bicyclic) bond motifs is 1. The van der Waals surface area contributed by atoms with E-state index in [9.17, 15) is 22.4 Å². The first kappa shape index (κ1) is 18.6. The molecule has 0 spiro atoms. The quantitative estimate of drug-likeness (QED) is 0.607. The van der Waals surface area contributed by atoms with E-state index in [2.05, 4.69) is 4.98 Å². The van der Waals surface area contributed by atoms with Crippen LogP contribution in [0.3, 0.4) is 0 Å². The third-order valence-corrected chi connectivity index (χ3v) is 5.89. The lowest BCUT2D eigenvalue weighted by atomic mass is 10.1. The van der Waals surface area contributed by atoms with Crippen LogP contribution < -0.4 is 5.56 Å². The van der Waals surface area contributed by atoms with Crippen molar-refractivity contribution >= 4 is 16.3 Å². The largest absolute Gasteiger partial charge is 0.392 e. The second-order valence-corrected chi connectivity index (χ2v) is 7.99. The molecule has 1 aliphatic carbocycles. The number of nitriles is 1. The van der Waals surface area contributed by atoms with Crippen LogP contribution in [0.1, 0.15) is 39.7 Å². The number of benzene rings is 1. The Bertz CT molecular complexity index is 1190. The molecule has 1 saturated carbocycles. The lowest BCUT2D eigenvalue weighted by Crippen LogP contribution is -2.18. The highest BCUT2D eigenvalue weighted by Gasteiger charge is 2.57. The number of hydrogen-bond donors (Lipinski definition) is 0. The summed E-state index contributed by atoms with van der Waals surface area (Å²) in [5.41, 5.74) is 0.308. The molecule has 9 heteroatoms. The van der Waals surface area contributed by atoms with E-state index in [1.165, 1.54) is 22.6 Å². The minimum absolute atomic E-state index is 0.00792. The van der Waals surface area contributed by atoms with Crippen molar-refractivity contribution in [1.29, 1.82) is 5.26 Å². The molecule has 0 saturated heterocycles. The number of rotatable bonds is 3. The maximum atomic E-state index is 14.3. The van der Waals surface area contributed by atoms with Gasteiger partial charge in [0.05, 0.1) is 17.2 Å². The van der Waals surface area contributed by atoms with Crippen LogP contribution in [0.4, 0.5) is 17.6 Å². The highest BCUT2D eigenvalue weighted by molar-refractivity contribution is 7.17. The molecule has 144 valence electrons. The van der Waals surface area contributed by atoms with Crippen molar-refractivity contribution in [1.82, 2.24) is 9.38 Å². The van der Waals surface area contributed by atoms with Crippen LogP contribution in [0.2, 0.25) is 0 Å². The van der Waals surface area contributed by atoms with E-state index in [1.807, 2.05) is 0 Å². The van der Waals surface area contributed by atoms with Gasteiger partial charge < -0.3 is 0 Å². The average Bonchev–Trinajstić information content (AvgIpc) is 3.34. The Hall–Kier alpha value is -2.73. The van der Waals surface area contributed by atoms with Crippen molar-refractivity contribution < 1.29 is 17.6 Å². The van der Waals surface area contributed by atoms with Crippen LogP contribution in [0, 0.1) is 30.0 Å². The smallest absolute Gasteiger partial charge is 0.269 e. The van der Waals surface area contributed by atoms with Crippen LogP contribution in [-0.2, 0) is 6.42 Å². The van der Waals surface area contributed by atoms with Gasteiger partial charge in [-0.2, -0.15) is 18.4 Å². The predicted molar refractivity (Wildman–Crippen MR) is 94.9 cm³/mol. The van der Waals surface area contributed by atoms with Crippen molar-refractivity contribution in [2.75, 3.05) is 0 Å². The van der Waals surface area contributed by atoms with Gasteiger partial charge in [0.25, 0.3) is 5.56 Å². The Labute approximate surface area is 160 Å². The summed E-state index contributed by atoms with van der Waals surface area (Å²) in [7, 11) is 0. The molecule has 2 unspecified atom stereocenters. The van der Waals surface area contributed by atoms with E-state index in [0.29, 0.717) is 21.2 Å². The molecule has 0 radical (unpaired) electrons. The van der Waals surface area contributed by atoms with E-state index in [1.54, 1.807) is 19.1 Å². The van der Waals surface area contributed by atoms with Gasteiger partial charge in [0.1, 0.15) is 11.9 Å². The van der Waals surface area contributed by atoms with Gasteiger partial charge in [-0.1, -0.05) is 12.1 Å². The summed E-state index contributed by atoms with van der Waals surface area (Å²) >= 11 is 1.15. The number of nitrogens with zero attached hydrogens (tertiary/aromatic N) is 3. The zero-order valence-electron chi connectivity index (χ0n) is 14.5. The number of alkyl halides is 3. The molecule has 4 rings (SSSR count). The monoisotopic (exact) mass is 407 g/mol. The van der Waals surface area contributed by atoms with Gasteiger partial charge in [0, 0.05) is 29.0 Å². The Kier molecular flexibility index (Phi) is 4.27. The van der Waals surface area contributed by atoms with Crippen LogP contribution >= 0.6 is 11.3 Å². The lowest BCUT2D eigenvalue weighted by Gasteiger charge is -2.07. The predicted octanol–water partition coefficient (Wildman–Crippen LogP) is 4.33. The van der Waals surface area contributed by atoms with Crippen LogP contribution in [0.5, 0.6) is 0 Å². The summed E-state index contributed by atoms with van der Waals surface area (Å²) in [6.45, 7) is 1.68. The first-order valence-electron chi connectivity index (χ1n) is 8.47. The number of aromatic nitrogens is 2. The van der Waals surface area contributed by atoms with Gasteiger partial charge in [0.2, 0.25) is 0 Å². The van der Waals surface area contributed by atoms with Gasteiger partial charge in [-0.15, -0.1) is 11.3 Å². The maximum Gasteiger partial charge on any atom is 0.392 e. The first-order chi connectivity index (χ1) is 13.2. The minimum Gasteiger partial charge on any atom is -0.269 e. The zero-order chi connectivity index (χ0) is 20.2. The third kappa shape index (κ3) is 3.07. The Morgan fingerprint density at radius 1 is 1.39 bits per heavy atom. The van der Waals surface area contributed by atoms with Crippen LogP contribution in [0.25, 0.3) is 4.96 Å². The first-order valence-corrected chi connectivity index (χ1v) is 9.28. The fourth-order valence-corrected chi connectivity index (χ4v) is 4.58. The highest BCUT2D eigenvalue weighted by atomic mass is 32.1. The third-order valence-electron chi connectivity index (χ3n) is 4.92. The molecule has 1 fully saturated rings. The molecule has 28 heavy (non-hydrogen) atoms. The maximum absolute atomic E-state index is 14.3. The number of thiazole rings is 1.